The topological polar surface area (TPSA) is 85.5 Å². The van der Waals surface area contributed by atoms with Gasteiger partial charge < -0.3 is 9.26 Å². The van der Waals surface area contributed by atoms with Gasteiger partial charge in [0.2, 0.25) is 0 Å². The summed E-state index contributed by atoms with van der Waals surface area (Å²) in [6.07, 6.45) is 0. The van der Waals surface area contributed by atoms with Gasteiger partial charge in [-0.1, -0.05) is 46.8 Å². The average molecular weight is 385 g/mol. The number of aryl methyl sites for hydroxylation is 2. The molecule has 3 rings (SSSR count). The highest BCUT2D eigenvalue weighted by atomic mass is 32.1. The molecule has 0 atom stereocenters. The third-order valence-corrected chi connectivity index (χ3v) is 4.91. The quantitative estimate of drug-likeness (QED) is 0.601. The minimum Gasteiger partial charge on any atom is -0.462 e. The Bertz CT molecular complexity index is 949. The Kier molecular flexibility index (Phi) is 5.66. The normalized spacial score (nSPS) is 10.6. The molecule has 0 unspecified atom stereocenters. The predicted octanol–water partition coefficient (Wildman–Crippen LogP) is 3.77. The molecule has 1 aromatic carbocycles. The standard InChI is InChI=1S/C19H19N3O4S/c1-4-25-18(24)16-13(3)20-19(27-16)22(11-14-8-6-5-7-9-14)17(23)15-10-12(2)26-21-15/h5-10H,4,11H2,1-3H3. The molecule has 0 saturated carbocycles. The summed E-state index contributed by atoms with van der Waals surface area (Å²) in [6, 6.07) is 11.1. The Morgan fingerprint density at radius 1 is 1.22 bits per heavy atom. The maximum absolute atomic E-state index is 13.0. The van der Waals surface area contributed by atoms with E-state index in [0.717, 1.165) is 16.9 Å². The van der Waals surface area contributed by atoms with Crippen molar-refractivity contribution in [3.8, 4) is 0 Å². The van der Waals surface area contributed by atoms with Crippen molar-refractivity contribution >= 4 is 28.3 Å². The maximum atomic E-state index is 13.0. The highest BCUT2D eigenvalue weighted by Crippen LogP contribution is 2.29. The fourth-order valence-electron chi connectivity index (χ4n) is 2.48. The zero-order chi connectivity index (χ0) is 19.4. The van der Waals surface area contributed by atoms with Gasteiger partial charge in [-0.05, 0) is 26.3 Å². The summed E-state index contributed by atoms with van der Waals surface area (Å²) < 4.78 is 10.1. The van der Waals surface area contributed by atoms with Crippen LogP contribution >= 0.6 is 11.3 Å². The molecule has 2 aromatic heterocycles. The number of benzene rings is 1. The number of nitrogens with zero attached hydrogens (tertiary/aromatic N) is 3. The third-order valence-electron chi connectivity index (χ3n) is 3.75. The van der Waals surface area contributed by atoms with Gasteiger partial charge >= 0.3 is 5.97 Å². The number of ether oxygens (including phenoxy) is 1. The van der Waals surface area contributed by atoms with Crippen LogP contribution < -0.4 is 4.90 Å². The molecular formula is C19H19N3O4S. The van der Waals surface area contributed by atoms with Crippen LogP contribution in [-0.4, -0.2) is 28.6 Å². The Hall–Kier alpha value is -3.00. The first-order chi connectivity index (χ1) is 13.0. The number of amides is 1. The van der Waals surface area contributed by atoms with Gasteiger partial charge in [0.1, 0.15) is 10.6 Å². The fourth-order valence-corrected chi connectivity index (χ4v) is 3.44. The van der Waals surface area contributed by atoms with Crippen molar-refractivity contribution in [3.05, 3.63) is 64.0 Å². The summed E-state index contributed by atoms with van der Waals surface area (Å²) in [4.78, 5) is 31.5. The lowest BCUT2D eigenvalue weighted by atomic mass is 10.2. The zero-order valence-electron chi connectivity index (χ0n) is 15.3. The summed E-state index contributed by atoms with van der Waals surface area (Å²) in [7, 11) is 0. The van der Waals surface area contributed by atoms with Crippen LogP contribution in [0.4, 0.5) is 5.13 Å². The van der Waals surface area contributed by atoms with E-state index < -0.39 is 5.97 Å². The van der Waals surface area contributed by atoms with E-state index in [-0.39, 0.29) is 18.2 Å². The second-order valence-corrected chi connectivity index (χ2v) is 6.81. The molecule has 0 fully saturated rings. The first-order valence-electron chi connectivity index (χ1n) is 8.43. The van der Waals surface area contributed by atoms with Crippen LogP contribution in [0.3, 0.4) is 0 Å². The van der Waals surface area contributed by atoms with Crippen molar-refractivity contribution in [2.75, 3.05) is 11.5 Å². The van der Waals surface area contributed by atoms with E-state index in [0.29, 0.717) is 28.0 Å². The van der Waals surface area contributed by atoms with E-state index in [9.17, 15) is 9.59 Å². The van der Waals surface area contributed by atoms with Gasteiger partial charge in [-0.25, -0.2) is 9.78 Å². The molecule has 2 heterocycles. The largest absolute Gasteiger partial charge is 0.462 e. The van der Waals surface area contributed by atoms with Gasteiger partial charge in [-0.3, -0.25) is 9.69 Å². The van der Waals surface area contributed by atoms with Gasteiger partial charge in [0, 0.05) is 6.07 Å². The molecule has 7 nitrogen and oxygen atoms in total. The lowest BCUT2D eigenvalue weighted by molar-refractivity contribution is 0.0531. The highest BCUT2D eigenvalue weighted by molar-refractivity contribution is 7.17. The molecule has 1 amide bonds. The minimum atomic E-state index is -0.442. The van der Waals surface area contributed by atoms with Crippen molar-refractivity contribution in [1.82, 2.24) is 10.1 Å². The summed E-state index contributed by atoms with van der Waals surface area (Å²) in [6.45, 7) is 5.75. The number of carbonyl (C=O) groups is 2. The number of hydrogen-bond donors (Lipinski definition) is 0. The van der Waals surface area contributed by atoms with Crippen molar-refractivity contribution in [1.29, 1.82) is 0 Å². The molecule has 27 heavy (non-hydrogen) atoms. The number of hydrogen-bond acceptors (Lipinski definition) is 7. The second kappa shape index (κ2) is 8.13. The SMILES string of the molecule is CCOC(=O)c1sc(N(Cc2ccccc2)C(=O)c2cc(C)on2)nc1C. The van der Waals surface area contributed by atoms with Crippen LogP contribution in [0.1, 0.15) is 44.1 Å². The van der Waals surface area contributed by atoms with Crippen molar-refractivity contribution in [2.45, 2.75) is 27.3 Å². The number of carbonyl (C=O) groups excluding carboxylic acids is 2. The lowest BCUT2D eigenvalue weighted by Gasteiger charge is -2.18. The summed E-state index contributed by atoms with van der Waals surface area (Å²) >= 11 is 1.13. The highest BCUT2D eigenvalue weighted by Gasteiger charge is 2.26. The van der Waals surface area contributed by atoms with Gasteiger partial charge in [-0.2, -0.15) is 0 Å². The Morgan fingerprint density at radius 2 is 1.96 bits per heavy atom. The molecular weight excluding hydrogens is 366 g/mol. The van der Waals surface area contributed by atoms with E-state index in [1.54, 1.807) is 26.8 Å². The Labute approximate surface area is 160 Å². The molecule has 8 heteroatoms. The maximum Gasteiger partial charge on any atom is 0.350 e. The second-order valence-electron chi connectivity index (χ2n) is 5.83. The molecule has 0 saturated heterocycles. The molecule has 0 aliphatic heterocycles. The van der Waals surface area contributed by atoms with E-state index in [1.807, 2.05) is 30.3 Å². The van der Waals surface area contributed by atoms with Crippen LogP contribution in [0.2, 0.25) is 0 Å². The summed E-state index contributed by atoms with van der Waals surface area (Å²) in [5.41, 5.74) is 1.64. The molecule has 0 radical (unpaired) electrons. The van der Waals surface area contributed by atoms with Gasteiger partial charge in [-0.15, -0.1) is 0 Å². The fraction of sp³-hybridized carbons (Fsp3) is 0.263. The summed E-state index contributed by atoms with van der Waals surface area (Å²) in [5.74, 6) is -0.247. The Morgan fingerprint density at radius 3 is 2.59 bits per heavy atom. The van der Waals surface area contributed by atoms with Crippen LogP contribution in [0.15, 0.2) is 40.9 Å². The smallest absolute Gasteiger partial charge is 0.350 e. The number of rotatable bonds is 6. The van der Waals surface area contributed by atoms with E-state index in [4.69, 9.17) is 9.26 Å². The monoisotopic (exact) mass is 385 g/mol. The predicted molar refractivity (Wildman–Crippen MR) is 101 cm³/mol. The van der Waals surface area contributed by atoms with Crippen molar-refractivity contribution in [3.63, 3.8) is 0 Å². The number of aromatic nitrogens is 2. The number of esters is 1. The molecule has 0 bridgehead atoms. The minimum absolute atomic E-state index is 0.189. The van der Waals surface area contributed by atoms with Crippen molar-refractivity contribution in [2.24, 2.45) is 0 Å². The van der Waals surface area contributed by atoms with Gasteiger partial charge in [0.05, 0.1) is 18.8 Å². The first kappa shape index (κ1) is 18.8. The Balaban J connectivity index is 1.98. The van der Waals surface area contributed by atoms with Gasteiger partial charge in [0.25, 0.3) is 5.91 Å². The van der Waals surface area contributed by atoms with Crippen LogP contribution in [-0.2, 0) is 11.3 Å². The molecule has 0 N–H and O–H groups in total. The number of anilines is 1. The molecule has 140 valence electrons. The zero-order valence-corrected chi connectivity index (χ0v) is 16.1. The average Bonchev–Trinajstić information content (AvgIpc) is 3.26. The van der Waals surface area contributed by atoms with Crippen LogP contribution in [0, 0.1) is 13.8 Å². The van der Waals surface area contributed by atoms with E-state index in [1.165, 1.54) is 4.90 Å². The van der Waals surface area contributed by atoms with E-state index in [2.05, 4.69) is 10.1 Å². The number of thiazole rings is 1. The third kappa shape index (κ3) is 4.22. The van der Waals surface area contributed by atoms with Gasteiger partial charge in [0.15, 0.2) is 10.8 Å². The van der Waals surface area contributed by atoms with Crippen LogP contribution in [0.25, 0.3) is 0 Å². The molecule has 0 aliphatic carbocycles. The van der Waals surface area contributed by atoms with Crippen molar-refractivity contribution < 1.29 is 18.8 Å². The molecule has 0 aliphatic rings. The molecule has 3 aromatic rings. The molecule has 0 spiro atoms. The van der Waals surface area contributed by atoms with Crippen LogP contribution in [0.5, 0.6) is 0 Å². The lowest BCUT2D eigenvalue weighted by Crippen LogP contribution is -2.30. The first-order valence-corrected chi connectivity index (χ1v) is 9.25. The summed E-state index contributed by atoms with van der Waals surface area (Å²) in [5, 5.41) is 4.22. The van der Waals surface area contributed by atoms with E-state index >= 15 is 0 Å².